The molecule has 2 rings (SSSR count). The molecule has 0 radical (unpaired) electrons. The Hall–Kier alpha value is -2.82. The van der Waals surface area contributed by atoms with Crippen molar-refractivity contribution in [3.63, 3.8) is 0 Å². The van der Waals surface area contributed by atoms with Gasteiger partial charge in [-0.25, -0.2) is 0 Å². The summed E-state index contributed by atoms with van der Waals surface area (Å²) < 4.78 is 5.61. The van der Waals surface area contributed by atoms with Crippen LogP contribution in [-0.2, 0) is 4.79 Å². The summed E-state index contributed by atoms with van der Waals surface area (Å²) in [6.07, 6.45) is -0.769. The maximum absolute atomic E-state index is 12.4. The SMILES string of the molecule is Cc1cccc(C)c1NC(=O)C(C)Oc1ccccc1C(N)=O. The van der Waals surface area contributed by atoms with Gasteiger partial charge in [0.25, 0.3) is 11.8 Å². The van der Waals surface area contributed by atoms with Crippen molar-refractivity contribution in [3.05, 3.63) is 59.2 Å². The summed E-state index contributed by atoms with van der Waals surface area (Å²) in [5.41, 5.74) is 8.28. The van der Waals surface area contributed by atoms with Crippen molar-refractivity contribution in [1.82, 2.24) is 0 Å². The van der Waals surface area contributed by atoms with E-state index in [1.807, 2.05) is 32.0 Å². The molecule has 0 saturated heterocycles. The Morgan fingerprint density at radius 1 is 1.04 bits per heavy atom. The number of nitrogens with one attached hydrogen (secondary N) is 1. The first kappa shape index (κ1) is 16.5. The lowest BCUT2D eigenvalue weighted by Crippen LogP contribution is -2.31. The summed E-state index contributed by atoms with van der Waals surface area (Å²) in [4.78, 5) is 23.7. The van der Waals surface area contributed by atoms with Crippen LogP contribution >= 0.6 is 0 Å². The van der Waals surface area contributed by atoms with Gasteiger partial charge in [0.2, 0.25) is 0 Å². The first-order valence-electron chi connectivity index (χ1n) is 7.32. The average molecular weight is 312 g/mol. The fraction of sp³-hybridized carbons (Fsp3) is 0.222. The monoisotopic (exact) mass is 312 g/mol. The topological polar surface area (TPSA) is 81.4 Å². The molecule has 2 amide bonds. The quantitative estimate of drug-likeness (QED) is 0.890. The third-order valence-electron chi connectivity index (χ3n) is 3.55. The van der Waals surface area contributed by atoms with Crippen LogP contribution in [-0.4, -0.2) is 17.9 Å². The molecule has 0 saturated carbocycles. The molecule has 1 atom stereocenters. The minimum atomic E-state index is -0.769. The van der Waals surface area contributed by atoms with Gasteiger partial charge in [-0.3, -0.25) is 9.59 Å². The molecule has 0 aromatic heterocycles. The second kappa shape index (κ2) is 6.96. The lowest BCUT2D eigenvalue weighted by Gasteiger charge is -2.18. The Morgan fingerprint density at radius 2 is 1.65 bits per heavy atom. The van der Waals surface area contributed by atoms with E-state index in [9.17, 15) is 9.59 Å². The van der Waals surface area contributed by atoms with Crippen LogP contribution in [0.25, 0.3) is 0 Å². The van der Waals surface area contributed by atoms with E-state index in [4.69, 9.17) is 10.5 Å². The molecule has 0 spiro atoms. The van der Waals surface area contributed by atoms with E-state index in [2.05, 4.69) is 5.32 Å². The summed E-state index contributed by atoms with van der Waals surface area (Å²) in [5, 5.41) is 2.87. The Labute approximate surface area is 135 Å². The van der Waals surface area contributed by atoms with Crippen molar-refractivity contribution in [2.24, 2.45) is 5.73 Å². The Balaban J connectivity index is 2.14. The van der Waals surface area contributed by atoms with Gasteiger partial charge in [0.15, 0.2) is 6.10 Å². The van der Waals surface area contributed by atoms with Gasteiger partial charge in [0, 0.05) is 5.69 Å². The summed E-state index contributed by atoms with van der Waals surface area (Å²) in [6.45, 7) is 5.48. The molecule has 0 aliphatic rings. The smallest absolute Gasteiger partial charge is 0.265 e. The molecule has 5 heteroatoms. The van der Waals surface area contributed by atoms with Crippen molar-refractivity contribution in [2.45, 2.75) is 26.9 Å². The van der Waals surface area contributed by atoms with Gasteiger partial charge >= 0.3 is 0 Å². The third-order valence-corrected chi connectivity index (χ3v) is 3.55. The maximum atomic E-state index is 12.4. The third kappa shape index (κ3) is 3.88. The molecule has 0 aliphatic carbocycles. The second-order valence-corrected chi connectivity index (χ2v) is 5.38. The largest absolute Gasteiger partial charge is 0.480 e. The predicted octanol–water partition coefficient (Wildman–Crippen LogP) is 2.81. The van der Waals surface area contributed by atoms with Crippen molar-refractivity contribution in [2.75, 3.05) is 5.32 Å². The summed E-state index contributed by atoms with van der Waals surface area (Å²) in [5.74, 6) is -0.589. The van der Waals surface area contributed by atoms with Gasteiger partial charge in [-0.15, -0.1) is 0 Å². The minimum absolute atomic E-state index is 0.249. The number of carbonyl (C=O) groups is 2. The lowest BCUT2D eigenvalue weighted by molar-refractivity contribution is -0.122. The number of amides is 2. The van der Waals surface area contributed by atoms with Crippen LogP contribution in [0.4, 0.5) is 5.69 Å². The summed E-state index contributed by atoms with van der Waals surface area (Å²) >= 11 is 0. The van der Waals surface area contributed by atoms with Gasteiger partial charge < -0.3 is 15.8 Å². The zero-order valence-corrected chi connectivity index (χ0v) is 13.4. The first-order valence-corrected chi connectivity index (χ1v) is 7.32. The van der Waals surface area contributed by atoms with E-state index >= 15 is 0 Å². The highest BCUT2D eigenvalue weighted by atomic mass is 16.5. The van der Waals surface area contributed by atoms with E-state index in [1.54, 1.807) is 31.2 Å². The summed E-state index contributed by atoms with van der Waals surface area (Å²) in [6, 6.07) is 12.4. The van der Waals surface area contributed by atoms with E-state index in [0.29, 0.717) is 5.75 Å². The van der Waals surface area contributed by atoms with Crippen LogP contribution < -0.4 is 15.8 Å². The fourth-order valence-corrected chi connectivity index (χ4v) is 2.25. The number of ether oxygens (including phenoxy) is 1. The van der Waals surface area contributed by atoms with Crippen LogP contribution in [0.1, 0.15) is 28.4 Å². The number of anilines is 1. The normalized spacial score (nSPS) is 11.6. The van der Waals surface area contributed by atoms with Crippen molar-refractivity contribution in [3.8, 4) is 5.75 Å². The molecule has 120 valence electrons. The molecule has 2 aromatic rings. The van der Waals surface area contributed by atoms with Crippen LogP contribution in [0.3, 0.4) is 0 Å². The highest BCUT2D eigenvalue weighted by Crippen LogP contribution is 2.22. The van der Waals surface area contributed by atoms with Gasteiger partial charge in [0.05, 0.1) is 5.56 Å². The lowest BCUT2D eigenvalue weighted by atomic mass is 10.1. The van der Waals surface area contributed by atoms with E-state index in [0.717, 1.165) is 16.8 Å². The van der Waals surface area contributed by atoms with Gasteiger partial charge in [0.1, 0.15) is 5.75 Å². The molecule has 0 aliphatic heterocycles. The Morgan fingerprint density at radius 3 is 2.26 bits per heavy atom. The van der Waals surface area contributed by atoms with Gasteiger partial charge in [-0.1, -0.05) is 30.3 Å². The van der Waals surface area contributed by atoms with Crippen LogP contribution in [0, 0.1) is 13.8 Å². The number of rotatable bonds is 5. The van der Waals surface area contributed by atoms with Gasteiger partial charge in [-0.05, 0) is 44.0 Å². The number of aryl methyl sites for hydroxylation is 2. The molecule has 23 heavy (non-hydrogen) atoms. The standard InChI is InChI=1S/C18H20N2O3/c1-11-7-6-8-12(2)16(11)20-18(22)13(3)23-15-10-5-4-9-14(15)17(19)21/h4-10,13H,1-3H3,(H2,19,21)(H,20,22). The van der Waals surface area contributed by atoms with E-state index in [-0.39, 0.29) is 11.5 Å². The van der Waals surface area contributed by atoms with Crippen molar-refractivity contribution < 1.29 is 14.3 Å². The van der Waals surface area contributed by atoms with Crippen molar-refractivity contribution in [1.29, 1.82) is 0 Å². The number of benzene rings is 2. The molecule has 5 nitrogen and oxygen atoms in total. The van der Waals surface area contributed by atoms with Crippen molar-refractivity contribution >= 4 is 17.5 Å². The van der Waals surface area contributed by atoms with E-state index < -0.39 is 12.0 Å². The Bertz CT molecular complexity index is 721. The zero-order chi connectivity index (χ0) is 17.0. The number of hydrogen-bond donors (Lipinski definition) is 2. The molecule has 0 fully saturated rings. The fourth-order valence-electron chi connectivity index (χ4n) is 2.25. The highest BCUT2D eigenvalue weighted by molar-refractivity contribution is 5.97. The number of para-hydroxylation sites is 2. The molecular formula is C18H20N2O3. The zero-order valence-electron chi connectivity index (χ0n) is 13.4. The van der Waals surface area contributed by atoms with Gasteiger partial charge in [-0.2, -0.15) is 0 Å². The maximum Gasteiger partial charge on any atom is 0.265 e. The molecular weight excluding hydrogens is 292 g/mol. The van der Waals surface area contributed by atoms with Crippen LogP contribution in [0.5, 0.6) is 5.75 Å². The highest BCUT2D eigenvalue weighted by Gasteiger charge is 2.19. The molecule has 0 bridgehead atoms. The molecule has 0 heterocycles. The number of nitrogens with two attached hydrogens (primary N) is 1. The predicted molar refractivity (Wildman–Crippen MR) is 89.6 cm³/mol. The second-order valence-electron chi connectivity index (χ2n) is 5.38. The first-order chi connectivity index (χ1) is 10.9. The number of primary amides is 1. The molecule has 1 unspecified atom stereocenters. The summed E-state index contributed by atoms with van der Waals surface area (Å²) in [7, 11) is 0. The van der Waals surface area contributed by atoms with Crippen LogP contribution in [0.15, 0.2) is 42.5 Å². The number of carbonyl (C=O) groups excluding carboxylic acids is 2. The van der Waals surface area contributed by atoms with Crippen LogP contribution in [0.2, 0.25) is 0 Å². The molecule has 2 aromatic carbocycles. The molecule has 3 N–H and O–H groups in total. The van der Waals surface area contributed by atoms with E-state index in [1.165, 1.54) is 0 Å². The Kier molecular flexibility index (Phi) is 5.01. The number of hydrogen-bond acceptors (Lipinski definition) is 3. The minimum Gasteiger partial charge on any atom is -0.480 e. The average Bonchev–Trinajstić information content (AvgIpc) is 2.51.